The first kappa shape index (κ1) is 16.1. The summed E-state index contributed by atoms with van der Waals surface area (Å²) in [6.07, 6.45) is 0.890. The molecule has 2 nitrogen and oxygen atoms in total. The van der Waals surface area contributed by atoms with Gasteiger partial charge in [-0.15, -0.1) is 0 Å². The highest BCUT2D eigenvalue weighted by Crippen LogP contribution is 2.26. The third-order valence-corrected chi connectivity index (χ3v) is 4.00. The first-order valence-electron chi connectivity index (χ1n) is 7.26. The molecule has 2 aromatic carbocycles. The van der Waals surface area contributed by atoms with E-state index < -0.39 is 0 Å². The molecule has 2 rings (SSSR count). The van der Waals surface area contributed by atoms with Gasteiger partial charge in [0.25, 0.3) is 0 Å². The van der Waals surface area contributed by atoms with Crippen molar-refractivity contribution in [3.63, 3.8) is 0 Å². The van der Waals surface area contributed by atoms with Crippen molar-refractivity contribution in [1.82, 2.24) is 0 Å². The van der Waals surface area contributed by atoms with Gasteiger partial charge >= 0.3 is 0 Å². The van der Waals surface area contributed by atoms with Gasteiger partial charge in [-0.3, -0.25) is 0 Å². The van der Waals surface area contributed by atoms with E-state index in [2.05, 4.69) is 77.3 Å². The van der Waals surface area contributed by atoms with Gasteiger partial charge < -0.3 is 10.6 Å². The highest BCUT2D eigenvalue weighted by Gasteiger charge is 2.10. The summed E-state index contributed by atoms with van der Waals surface area (Å²) in [4.78, 5) is 2.29. The quantitative estimate of drug-likeness (QED) is 0.875. The van der Waals surface area contributed by atoms with Gasteiger partial charge in [0, 0.05) is 29.8 Å². The van der Waals surface area contributed by atoms with E-state index in [1.807, 2.05) is 6.92 Å². The molecule has 0 aliphatic rings. The van der Waals surface area contributed by atoms with Crippen molar-refractivity contribution >= 4 is 21.6 Å². The topological polar surface area (TPSA) is 29.3 Å². The fourth-order valence-electron chi connectivity index (χ4n) is 2.58. The third kappa shape index (κ3) is 4.58. The third-order valence-electron chi connectivity index (χ3n) is 3.50. The average molecular weight is 347 g/mol. The Balaban J connectivity index is 2.25. The van der Waals surface area contributed by atoms with E-state index in [1.54, 1.807) is 0 Å². The second-order valence-electron chi connectivity index (χ2n) is 5.80. The number of hydrogen-bond acceptors (Lipinski definition) is 2. The molecule has 0 bridgehead atoms. The van der Waals surface area contributed by atoms with Crippen molar-refractivity contribution in [2.24, 2.45) is 5.73 Å². The molecule has 0 saturated carbocycles. The Morgan fingerprint density at radius 3 is 2.62 bits per heavy atom. The molecule has 0 radical (unpaired) electrons. The van der Waals surface area contributed by atoms with Crippen LogP contribution in [0.2, 0.25) is 0 Å². The summed E-state index contributed by atoms with van der Waals surface area (Å²) in [5, 5.41) is 0. The number of aryl methyl sites for hydroxylation is 1. The number of hydrogen-bond donors (Lipinski definition) is 1. The monoisotopic (exact) mass is 346 g/mol. The molecule has 1 atom stereocenters. The van der Waals surface area contributed by atoms with Crippen LogP contribution in [0.4, 0.5) is 5.69 Å². The summed E-state index contributed by atoms with van der Waals surface area (Å²) in [5.74, 6) is 0. The SMILES string of the molecule is Cc1cccc(CN(C)c2cc(Br)ccc2CC(C)N)c1. The van der Waals surface area contributed by atoms with E-state index in [0.29, 0.717) is 0 Å². The predicted octanol–water partition coefficient (Wildman–Crippen LogP) is 4.28. The van der Waals surface area contributed by atoms with E-state index in [9.17, 15) is 0 Å². The van der Waals surface area contributed by atoms with Crippen molar-refractivity contribution in [2.75, 3.05) is 11.9 Å². The fraction of sp³-hybridized carbons (Fsp3) is 0.333. The average Bonchev–Trinajstić information content (AvgIpc) is 2.40. The lowest BCUT2D eigenvalue weighted by atomic mass is 10.0. The maximum Gasteiger partial charge on any atom is 0.0426 e. The summed E-state index contributed by atoms with van der Waals surface area (Å²) in [7, 11) is 2.13. The van der Waals surface area contributed by atoms with Crippen LogP contribution in [-0.4, -0.2) is 13.1 Å². The van der Waals surface area contributed by atoms with E-state index in [-0.39, 0.29) is 6.04 Å². The lowest BCUT2D eigenvalue weighted by molar-refractivity contribution is 0.734. The summed E-state index contributed by atoms with van der Waals surface area (Å²) < 4.78 is 1.10. The standard InChI is InChI=1S/C18H23BrN2/c1-13-5-4-6-15(9-13)12-21(3)18-11-17(19)8-7-16(18)10-14(2)20/h4-9,11,14H,10,12,20H2,1-3H3. The van der Waals surface area contributed by atoms with Crippen LogP contribution in [0.3, 0.4) is 0 Å². The molecule has 2 aromatic rings. The molecule has 0 saturated heterocycles. The first-order valence-corrected chi connectivity index (χ1v) is 8.05. The van der Waals surface area contributed by atoms with Gasteiger partial charge in [-0.2, -0.15) is 0 Å². The lowest BCUT2D eigenvalue weighted by Crippen LogP contribution is -2.22. The van der Waals surface area contributed by atoms with Crippen LogP contribution >= 0.6 is 15.9 Å². The van der Waals surface area contributed by atoms with E-state index in [0.717, 1.165) is 17.4 Å². The maximum atomic E-state index is 5.97. The second kappa shape index (κ2) is 7.10. The normalized spacial score (nSPS) is 12.2. The molecule has 3 heteroatoms. The Bertz CT molecular complexity index is 608. The van der Waals surface area contributed by atoms with Crippen LogP contribution in [0.5, 0.6) is 0 Å². The number of rotatable bonds is 5. The Morgan fingerprint density at radius 2 is 1.95 bits per heavy atom. The molecule has 0 amide bonds. The molecule has 112 valence electrons. The zero-order valence-electron chi connectivity index (χ0n) is 12.9. The molecule has 2 N–H and O–H groups in total. The smallest absolute Gasteiger partial charge is 0.0426 e. The van der Waals surface area contributed by atoms with Gasteiger partial charge in [0.2, 0.25) is 0 Å². The van der Waals surface area contributed by atoms with Crippen LogP contribution in [0, 0.1) is 6.92 Å². The number of anilines is 1. The molecule has 0 spiro atoms. The summed E-state index contributed by atoms with van der Waals surface area (Å²) in [6, 6.07) is 15.2. The molecule has 0 fully saturated rings. The Morgan fingerprint density at radius 1 is 1.19 bits per heavy atom. The van der Waals surface area contributed by atoms with E-state index >= 15 is 0 Å². The number of nitrogens with two attached hydrogens (primary N) is 1. The molecule has 0 aliphatic heterocycles. The Kier molecular flexibility index (Phi) is 5.43. The zero-order valence-corrected chi connectivity index (χ0v) is 14.5. The van der Waals surface area contributed by atoms with Gasteiger partial charge in [0.1, 0.15) is 0 Å². The van der Waals surface area contributed by atoms with Gasteiger partial charge in [0.15, 0.2) is 0 Å². The molecular weight excluding hydrogens is 324 g/mol. The van der Waals surface area contributed by atoms with Gasteiger partial charge in [-0.05, 0) is 43.5 Å². The Hall–Kier alpha value is -1.32. The first-order chi connectivity index (χ1) is 9.95. The largest absolute Gasteiger partial charge is 0.370 e. The number of nitrogens with zero attached hydrogens (tertiary/aromatic N) is 1. The van der Waals surface area contributed by atoms with Crippen molar-refractivity contribution in [1.29, 1.82) is 0 Å². The molecule has 0 heterocycles. The minimum Gasteiger partial charge on any atom is -0.370 e. The highest BCUT2D eigenvalue weighted by atomic mass is 79.9. The van der Waals surface area contributed by atoms with Gasteiger partial charge in [-0.25, -0.2) is 0 Å². The van der Waals surface area contributed by atoms with Crippen molar-refractivity contribution in [3.8, 4) is 0 Å². The Labute approximate surface area is 136 Å². The van der Waals surface area contributed by atoms with E-state index in [1.165, 1.54) is 22.4 Å². The fourth-order valence-corrected chi connectivity index (χ4v) is 2.93. The van der Waals surface area contributed by atoms with Gasteiger partial charge in [-0.1, -0.05) is 51.8 Å². The predicted molar refractivity (Wildman–Crippen MR) is 94.8 cm³/mol. The second-order valence-corrected chi connectivity index (χ2v) is 6.72. The van der Waals surface area contributed by atoms with Crippen LogP contribution < -0.4 is 10.6 Å². The van der Waals surface area contributed by atoms with Crippen LogP contribution in [-0.2, 0) is 13.0 Å². The zero-order chi connectivity index (χ0) is 15.4. The molecule has 0 aliphatic carbocycles. The van der Waals surface area contributed by atoms with Crippen LogP contribution in [0.1, 0.15) is 23.6 Å². The minimum atomic E-state index is 0.164. The molecule has 0 aromatic heterocycles. The summed E-state index contributed by atoms with van der Waals surface area (Å²) in [5.41, 5.74) is 11.1. The van der Waals surface area contributed by atoms with Crippen molar-refractivity contribution in [2.45, 2.75) is 32.9 Å². The summed E-state index contributed by atoms with van der Waals surface area (Å²) in [6.45, 7) is 5.07. The van der Waals surface area contributed by atoms with Gasteiger partial charge in [0.05, 0.1) is 0 Å². The van der Waals surface area contributed by atoms with Crippen molar-refractivity contribution in [3.05, 3.63) is 63.6 Å². The van der Waals surface area contributed by atoms with Crippen molar-refractivity contribution < 1.29 is 0 Å². The van der Waals surface area contributed by atoms with Crippen LogP contribution in [0.25, 0.3) is 0 Å². The molecular formula is C18H23BrN2. The van der Waals surface area contributed by atoms with Crippen LogP contribution in [0.15, 0.2) is 46.9 Å². The minimum absolute atomic E-state index is 0.164. The number of benzene rings is 2. The highest BCUT2D eigenvalue weighted by molar-refractivity contribution is 9.10. The van der Waals surface area contributed by atoms with E-state index in [4.69, 9.17) is 5.73 Å². The maximum absolute atomic E-state index is 5.97. The summed E-state index contributed by atoms with van der Waals surface area (Å²) >= 11 is 3.57. The molecule has 21 heavy (non-hydrogen) atoms. The number of halogens is 1. The molecule has 1 unspecified atom stereocenters. The lowest BCUT2D eigenvalue weighted by Gasteiger charge is -2.24.